The van der Waals surface area contributed by atoms with Gasteiger partial charge in [-0.15, -0.1) is 0 Å². The van der Waals surface area contributed by atoms with E-state index in [-0.39, 0.29) is 5.91 Å². The van der Waals surface area contributed by atoms with E-state index in [4.69, 9.17) is 4.74 Å². The van der Waals surface area contributed by atoms with E-state index in [0.717, 1.165) is 27.9 Å². The van der Waals surface area contributed by atoms with Crippen molar-refractivity contribution in [2.75, 3.05) is 12.4 Å². The minimum atomic E-state index is -0.235. The maximum absolute atomic E-state index is 12.2. The summed E-state index contributed by atoms with van der Waals surface area (Å²) < 4.78 is 5.20. The Hall–Kier alpha value is -2.99. The minimum Gasteiger partial charge on any atom is -0.497 e. The summed E-state index contributed by atoms with van der Waals surface area (Å²) in [6, 6.07) is 15.5. The molecule has 124 valence electrons. The summed E-state index contributed by atoms with van der Waals surface area (Å²) in [5, 5.41) is 4.80. The fourth-order valence-electron chi connectivity index (χ4n) is 2.64. The second kappa shape index (κ2) is 6.49. The first-order valence-corrected chi connectivity index (χ1v) is 8.54. The van der Waals surface area contributed by atoms with Gasteiger partial charge >= 0.3 is 0 Å². The van der Waals surface area contributed by atoms with Crippen LogP contribution in [0.25, 0.3) is 17.0 Å². The molecule has 2 heterocycles. The van der Waals surface area contributed by atoms with Crippen LogP contribution in [0.3, 0.4) is 0 Å². The lowest BCUT2D eigenvalue weighted by atomic mass is 10.1. The Labute approximate surface area is 148 Å². The van der Waals surface area contributed by atoms with Gasteiger partial charge in [-0.25, -0.2) is 0 Å². The SMILES string of the molecule is COc1cccc(NC2=NC(=O)C(=Cc3c[nH]c4ccccc34)S2)c1. The zero-order valence-corrected chi connectivity index (χ0v) is 14.3. The first-order chi connectivity index (χ1) is 12.2. The van der Waals surface area contributed by atoms with Crippen molar-refractivity contribution < 1.29 is 9.53 Å². The Bertz CT molecular complexity index is 1020. The second-order valence-electron chi connectivity index (χ2n) is 5.48. The number of thioether (sulfide) groups is 1. The van der Waals surface area contributed by atoms with E-state index in [1.165, 1.54) is 11.8 Å². The smallest absolute Gasteiger partial charge is 0.286 e. The highest BCUT2D eigenvalue weighted by Crippen LogP contribution is 2.31. The molecule has 0 unspecified atom stereocenters. The molecule has 1 amide bonds. The number of para-hydroxylation sites is 1. The van der Waals surface area contributed by atoms with Gasteiger partial charge < -0.3 is 15.0 Å². The topological polar surface area (TPSA) is 66.5 Å². The van der Waals surface area contributed by atoms with Gasteiger partial charge in [0.2, 0.25) is 0 Å². The number of amides is 1. The van der Waals surface area contributed by atoms with E-state index in [9.17, 15) is 4.79 Å². The number of hydrogen-bond donors (Lipinski definition) is 2. The van der Waals surface area contributed by atoms with Crippen molar-refractivity contribution in [1.82, 2.24) is 4.98 Å². The molecule has 3 aromatic rings. The molecule has 0 radical (unpaired) electrons. The second-order valence-corrected chi connectivity index (χ2v) is 6.51. The van der Waals surface area contributed by atoms with Crippen LogP contribution in [0.15, 0.2) is 64.6 Å². The fraction of sp³-hybridized carbons (Fsp3) is 0.0526. The quantitative estimate of drug-likeness (QED) is 0.694. The van der Waals surface area contributed by atoms with Crippen LogP contribution in [0.4, 0.5) is 5.69 Å². The minimum absolute atomic E-state index is 0.235. The van der Waals surface area contributed by atoms with Gasteiger partial charge in [0.1, 0.15) is 5.75 Å². The van der Waals surface area contributed by atoms with E-state index in [1.54, 1.807) is 7.11 Å². The van der Waals surface area contributed by atoms with Crippen molar-refractivity contribution >= 4 is 45.5 Å². The molecule has 0 aliphatic carbocycles. The number of methoxy groups -OCH3 is 1. The molecule has 0 saturated carbocycles. The van der Waals surface area contributed by atoms with Crippen molar-refractivity contribution in [3.05, 3.63) is 65.2 Å². The summed E-state index contributed by atoms with van der Waals surface area (Å²) in [6.45, 7) is 0. The number of fused-ring (bicyclic) bond motifs is 1. The number of benzene rings is 2. The van der Waals surface area contributed by atoms with Crippen molar-refractivity contribution in [1.29, 1.82) is 0 Å². The lowest BCUT2D eigenvalue weighted by molar-refractivity contribution is -0.113. The van der Waals surface area contributed by atoms with Gasteiger partial charge in [0, 0.05) is 34.4 Å². The van der Waals surface area contributed by atoms with Crippen LogP contribution in [-0.2, 0) is 4.79 Å². The van der Waals surface area contributed by atoms with Gasteiger partial charge in [0.25, 0.3) is 5.91 Å². The summed E-state index contributed by atoms with van der Waals surface area (Å²) >= 11 is 1.33. The van der Waals surface area contributed by atoms with Gasteiger partial charge in [-0.05, 0) is 36.0 Å². The largest absolute Gasteiger partial charge is 0.497 e. The van der Waals surface area contributed by atoms with E-state index in [2.05, 4.69) is 15.3 Å². The average molecular weight is 349 g/mol. The number of amidine groups is 1. The monoisotopic (exact) mass is 349 g/mol. The number of anilines is 1. The van der Waals surface area contributed by atoms with E-state index < -0.39 is 0 Å². The Kier molecular flexibility index (Phi) is 4.03. The highest BCUT2D eigenvalue weighted by Gasteiger charge is 2.22. The van der Waals surface area contributed by atoms with Crippen molar-refractivity contribution in [3.63, 3.8) is 0 Å². The molecule has 25 heavy (non-hydrogen) atoms. The molecule has 6 heteroatoms. The molecule has 0 atom stereocenters. The predicted octanol–water partition coefficient (Wildman–Crippen LogP) is 4.26. The van der Waals surface area contributed by atoms with E-state index in [1.807, 2.05) is 60.8 Å². The molecule has 0 spiro atoms. The molecule has 1 aliphatic heterocycles. The van der Waals surface area contributed by atoms with E-state index >= 15 is 0 Å². The maximum atomic E-state index is 12.2. The average Bonchev–Trinajstić information content (AvgIpc) is 3.19. The summed E-state index contributed by atoms with van der Waals surface area (Å²) in [7, 11) is 1.62. The molecule has 1 aliphatic rings. The van der Waals surface area contributed by atoms with Crippen LogP contribution >= 0.6 is 11.8 Å². The standard InChI is InChI=1S/C19H15N3O2S/c1-24-14-6-4-5-13(10-14)21-19-22-18(23)17(25-19)9-12-11-20-16-8-3-2-7-15(12)16/h2-11,20H,1H3,(H,21,22,23). The Morgan fingerprint density at radius 1 is 1.20 bits per heavy atom. The van der Waals surface area contributed by atoms with Gasteiger partial charge in [0.05, 0.1) is 12.0 Å². The number of H-pyrrole nitrogens is 1. The number of ether oxygens (including phenoxy) is 1. The molecule has 4 rings (SSSR count). The first-order valence-electron chi connectivity index (χ1n) is 7.73. The van der Waals surface area contributed by atoms with Crippen LogP contribution in [0.2, 0.25) is 0 Å². The molecule has 2 N–H and O–H groups in total. The summed E-state index contributed by atoms with van der Waals surface area (Å²) in [4.78, 5) is 20.1. The zero-order chi connectivity index (χ0) is 17.2. The third-order valence-electron chi connectivity index (χ3n) is 3.85. The highest BCUT2D eigenvalue weighted by atomic mass is 32.2. The molecule has 5 nitrogen and oxygen atoms in total. The number of carbonyl (C=O) groups is 1. The highest BCUT2D eigenvalue weighted by molar-refractivity contribution is 8.18. The predicted molar refractivity (Wildman–Crippen MR) is 103 cm³/mol. The van der Waals surface area contributed by atoms with Crippen molar-refractivity contribution in [2.45, 2.75) is 0 Å². The van der Waals surface area contributed by atoms with Crippen LogP contribution in [0.5, 0.6) is 5.75 Å². The number of nitrogens with one attached hydrogen (secondary N) is 2. The zero-order valence-electron chi connectivity index (χ0n) is 13.4. The van der Waals surface area contributed by atoms with Gasteiger partial charge in [0.15, 0.2) is 5.17 Å². The molecule has 1 aromatic heterocycles. The number of carbonyl (C=O) groups excluding carboxylic acids is 1. The Morgan fingerprint density at radius 2 is 2.08 bits per heavy atom. The number of nitrogens with zero attached hydrogens (tertiary/aromatic N) is 1. The molecule has 0 saturated heterocycles. The van der Waals surface area contributed by atoms with E-state index in [0.29, 0.717) is 10.1 Å². The molecule has 2 aromatic carbocycles. The summed E-state index contributed by atoms with van der Waals surface area (Å²) in [5.74, 6) is 0.509. The molecule has 0 bridgehead atoms. The third kappa shape index (κ3) is 3.16. The van der Waals surface area contributed by atoms with Crippen LogP contribution in [0.1, 0.15) is 5.56 Å². The van der Waals surface area contributed by atoms with Crippen LogP contribution in [-0.4, -0.2) is 23.2 Å². The molecular formula is C19H15N3O2S. The first kappa shape index (κ1) is 15.5. The van der Waals surface area contributed by atoms with Crippen LogP contribution < -0.4 is 10.1 Å². The van der Waals surface area contributed by atoms with Crippen molar-refractivity contribution in [3.8, 4) is 5.75 Å². The fourth-order valence-corrected chi connectivity index (χ4v) is 3.47. The lowest BCUT2D eigenvalue weighted by Gasteiger charge is -2.06. The molecule has 0 fully saturated rings. The number of aromatic nitrogens is 1. The number of rotatable bonds is 3. The summed E-state index contributed by atoms with van der Waals surface area (Å²) in [6.07, 6.45) is 3.77. The number of hydrogen-bond acceptors (Lipinski definition) is 4. The Balaban J connectivity index is 1.55. The van der Waals surface area contributed by atoms with Crippen molar-refractivity contribution in [2.24, 2.45) is 4.99 Å². The number of aromatic amines is 1. The third-order valence-corrected chi connectivity index (χ3v) is 4.75. The maximum Gasteiger partial charge on any atom is 0.286 e. The lowest BCUT2D eigenvalue weighted by Crippen LogP contribution is -2.04. The normalized spacial score (nSPS) is 15.6. The Morgan fingerprint density at radius 3 is 2.96 bits per heavy atom. The summed E-state index contributed by atoms with van der Waals surface area (Å²) in [5.41, 5.74) is 2.84. The van der Waals surface area contributed by atoms with Gasteiger partial charge in [-0.1, -0.05) is 24.3 Å². The van der Waals surface area contributed by atoms with Crippen LogP contribution in [0, 0.1) is 0 Å². The van der Waals surface area contributed by atoms with Gasteiger partial charge in [-0.2, -0.15) is 4.99 Å². The number of aliphatic imine (C=N–C) groups is 1. The van der Waals surface area contributed by atoms with Gasteiger partial charge in [-0.3, -0.25) is 4.79 Å². The molecular weight excluding hydrogens is 334 g/mol.